The highest BCUT2D eigenvalue weighted by atomic mass is 32.2. The molecule has 5 nitrogen and oxygen atoms in total. The molecule has 0 amide bonds. The average Bonchev–Trinajstić information content (AvgIpc) is 2.33. The van der Waals surface area contributed by atoms with Gasteiger partial charge in [0.05, 0.1) is 6.26 Å². The standard InChI is InChI=1S/C12H20N2O3S/c1-4-11-6-7-13-12(10-11)14(18(3,15)16)8-5-9-17-2/h6-7,10H,4-5,8-9H2,1-3H3. The second-order valence-corrected chi connectivity index (χ2v) is 5.96. The average molecular weight is 272 g/mol. The highest BCUT2D eigenvalue weighted by molar-refractivity contribution is 7.92. The molecule has 0 aliphatic rings. The van der Waals surface area contributed by atoms with Gasteiger partial charge >= 0.3 is 0 Å². The van der Waals surface area contributed by atoms with Crippen molar-refractivity contribution in [2.24, 2.45) is 0 Å². The first-order valence-corrected chi connectivity index (χ1v) is 7.75. The quantitative estimate of drug-likeness (QED) is 0.705. The van der Waals surface area contributed by atoms with Gasteiger partial charge in [0.25, 0.3) is 0 Å². The first-order chi connectivity index (χ1) is 8.49. The summed E-state index contributed by atoms with van der Waals surface area (Å²) in [7, 11) is -1.71. The third-order valence-electron chi connectivity index (χ3n) is 2.58. The Balaban J connectivity index is 2.94. The fourth-order valence-corrected chi connectivity index (χ4v) is 2.52. The second-order valence-electron chi connectivity index (χ2n) is 4.06. The zero-order valence-corrected chi connectivity index (χ0v) is 11.9. The number of anilines is 1. The van der Waals surface area contributed by atoms with Crippen LogP contribution in [-0.2, 0) is 21.2 Å². The maximum absolute atomic E-state index is 11.8. The van der Waals surface area contributed by atoms with Crippen LogP contribution in [0.5, 0.6) is 0 Å². The van der Waals surface area contributed by atoms with Gasteiger partial charge in [-0.3, -0.25) is 4.31 Å². The molecule has 0 unspecified atom stereocenters. The Morgan fingerprint density at radius 1 is 1.44 bits per heavy atom. The lowest BCUT2D eigenvalue weighted by molar-refractivity contribution is 0.197. The molecule has 0 N–H and O–H groups in total. The topological polar surface area (TPSA) is 59.5 Å². The Labute approximate surface area is 109 Å². The van der Waals surface area contributed by atoms with Gasteiger partial charge in [0.1, 0.15) is 5.82 Å². The SMILES string of the molecule is CCc1ccnc(N(CCCOC)S(C)(=O)=O)c1. The van der Waals surface area contributed by atoms with Crippen molar-refractivity contribution in [2.75, 3.05) is 30.8 Å². The van der Waals surface area contributed by atoms with Gasteiger partial charge in [-0.05, 0) is 30.5 Å². The third kappa shape index (κ3) is 4.27. The number of hydrogen-bond acceptors (Lipinski definition) is 4. The molecule has 102 valence electrons. The number of aryl methyl sites for hydroxylation is 1. The first kappa shape index (κ1) is 14.9. The lowest BCUT2D eigenvalue weighted by Gasteiger charge is -2.21. The van der Waals surface area contributed by atoms with Crippen LogP contribution >= 0.6 is 0 Å². The molecular weight excluding hydrogens is 252 g/mol. The summed E-state index contributed by atoms with van der Waals surface area (Å²) in [5.41, 5.74) is 1.07. The normalized spacial score (nSPS) is 11.5. The number of aromatic nitrogens is 1. The van der Waals surface area contributed by atoms with E-state index in [0.717, 1.165) is 12.0 Å². The van der Waals surface area contributed by atoms with Crippen molar-refractivity contribution in [1.82, 2.24) is 4.98 Å². The molecule has 0 bridgehead atoms. The van der Waals surface area contributed by atoms with E-state index in [1.54, 1.807) is 13.3 Å². The number of methoxy groups -OCH3 is 1. The van der Waals surface area contributed by atoms with Crippen molar-refractivity contribution < 1.29 is 13.2 Å². The Hall–Kier alpha value is -1.14. The van der Waals surface area contributed by atoms with Crippen molar-refractivity contribution in [3.63, 3.8) is 0 Å². The lowest BCUT2D eigenvalue weighted by Crippen LogP contribution is -2.32. The number of hydrogen-bond donors (Lipinski definition) is 0. The van der Waals surface area contributed by atoms with E-state index in [1.165, 1.54) is 10.6 Å². The van der Waals surface area contributed by atoms with Crippen molar-refractivity contribution in [3.05, 3.63) is 23.9 Å². The zero-order chi connectivity index (χ0) is 13.6. The minimum absolute atomic E-state index is 0.382. The predicted octanol–water partition coefficient (Wildman–Crippen LogP) is 1.45. The molecule has 1 aromatic rings. The zero-order valence-electron chi connectivity index (χ0n) is 11.1. The van der Waals surface area contributed by atoms with Crippen LogP contribution in [0.1, 0.15) is 18.9 Å². The van der Waals surface area contributed by atoms with Crippen molar-refractivity contribution in [1.29, 1.82) is 0 Å². The van der Waals surface area contributed by atoms with Crippen LogP contribution in [-0.4, -0.2) is 39.9 Å². The van der Waals surface area contributed by atoms with Gasteiger partial charge in [0, 0.05) is 26.5 Å². The van der Waals surface area contributed by atoms with E-state index in [4.69, 9.17) is 4.74 Å². The van der Waals surface area contributed by atoms with Gasteiger partial charge in [-0.25, -0.2) is 13.4 Å². The van der Waals surface area contributed by atoms with Crippen LogP contribution in [0.4, 0.5) is 5.82 Å². The maximum Gasteiger partial charge on any atom is 0.233 e. The Morgan fingerprint density at radius 3 is 2.72 bits per heavy atom. The first-order valence-electron chi connectivity index (χ1n) is 5.90. The van der Waals surface area contributed by atoms with Gasteiger partial charge in [-0.15, -0.1) is 0 Å². The number of ether oxygens (including phenoxy) is 1. The molecule has 0 saturated heterocycles. The molecule has 0 radical (unpaired) electrons. The van der Waals surface area contributed by atoms with E-state index in [-0.39, 0.29) is 0 Å². The summed E-state index contributed by atoms with van der Waals surface area (Å²) in [6.07, 6.45) is 4.33. The monoisotopic (exact) mass is 272 g/mol. The summed E-state index contributed by atoms with van der Waals surface area (Å²) in [6, 6.07) is 3.70. The molecule has 6 heteroatoms. The summed E-state index contributed by atoms with van der Waals surface area (Å²) in [6.45, 7) is 2.93. The molecule has 1 heterocycles. The van der Waals surface area contributed by atoms with Crippen LogP contribution < -0.4 is 4.31 Å². The predicted molar refractivity (Wildman–Crippen MR) is 72.3 cm³/mol. The highest BCUT2D eigenvalue weighted by Gasteiger charge is 2.18. The Kier molecular flexibility index (Phi) is 5.55. The molecule has 1 rings (SSSR count). The Morgan fingerprint density at radius 2 is 2.17 bits per heavy atom. The van der Waals surface area contributed by atoms with E-state index >= 15 is 0 Å². The molecule has 18 heavy (non-hydrogen) atoms. The van der Waals surface area contributed by atoms with Gasteiger partial charge in [0.2, 0.25) is 10.0 Å². The van der Waals surface area contributed by atoms with E-state index in [0.29, 0.717) is 25.4 Å². The van der Waals surface area contributed by atoms with E-state index in [2.05, 4.69) is 4.98 Å². The number of sulfonamides is 1. The van der Waals surface area contributed by atoms with Crippen molar-refractivity contribution >= 4 is 15.8 Å². The number of nitrogens with zero attached hydrogens (tertiary/aromatic N) is 2. The maximum atomic E-state index is 11.8. The molecule has 0 aliphatic heterocycles. The van der Waals surface area contributed by atoms with Crippen LogP contribution in [0.25, 0.3) is 0 Å². The molecule has 0 fully saturated rings. The number of pyridine rings is 1. The van der Waals surface area contributed by atoms with Gasteiger partial charge < -0.3 is 4.74 Å². The summed E-state index contributed by atoms with van der Waals surface area (Å²) in [5, 5.41) is 0. The van der Waals surface area contributed by atoms with Gasteiger partial charge in [-0.1, -0.05) is 6.92 Å². The molecule has 0 spiro atoms. The number of rotatable bonds is 7. The Bertz CT molecular complexity index is 474. The minimum atomic E-state index is -3.31. The largest absolute Gasteiger partial charge is 0.385 e. The van der Waals surface area contributed by atoms with Crippen molar-refractivity contribution in [3.8, 4) is 0 Å². The summed E-state index contributed by atoms with van der Waals surface area (Å²) >= 11 is 0. The van der Waals surface area contributed by atoms with Gasteiger partial charge in [-0.2, -0.15) is 0 Å². The smallest absolute Gasteiger partial charge is 0.233 e. The second kappa shape index (κ2) is 6.70. The molecular formula is C12H20N2O3S. The fraction of sp³-hybridized carbons (Fsp3) is 0.583. The third-order valence-corrected chi connectivity index (χ3v) is 3.75. The van der Waals surface area contributed by atoms with Crippen LogP contribution in [0.3, 0.4) is 0 Å². The summed E-state index contributed by atoms with van der Waals surface area (Å²) < 4.78 is 29.8. The molecule has 0 aliphatic carbocycles. The summed E-state index contributed by atoms with van der Waals surface area (Å²) in [5.74, 6) is 0.480. The molecule has 0 aromatic carbocycles. The molecule has 0 atom stereocenters. The minimum Gasteiger partial charge on any atom is -0.385 e. The van der Waals surface area contributed by atoms with Crippen LogP contribution in [0.2, 0.25) is 0 Å². The van der Waals surface area contributed by atoms with Crippen LogP contribution in [0, 0.1) is 0 Å². The fourth-order valence-electron chi connectivity index (χ4n) is 1.62. The molecule has 1 aromatic heterocycles. The highest BCUT2D eigenvalue weighted by Crippen LogP contribution is 2.16. The van der Waals surface area contributed by atoms with E-state index in [9.17, 15) is 8.42 Å². The molecule has 0 saturated carbocycles. The van der Waals surface area contributed by atoms with E-state index in [1.807, 2.05) is 19.1 Å². The lowest BCUT2D eigenvalue weighted by atomic mass is 10.2. The van der Waals surface area contributed by atoms with Crippen LogP contribution in [0.15, 0.2) is 18.3 Å². The van der Waals surface area contributed by atoms with Gasteiger partial charge in [0.15, 0.2) is 0 Å². The van der Waals surface area contributed by atoms with E-state index < -0.39 is 10.0 Å². The summed E-state index contributed by atoms with van der Waals surface area (Å²) in [4.78, 5) is 4.14. The van der Waals surface area contributed by atoms with Crippen molar-refractivity contribution in [2.45, 2.75) is 19.8 Å².